The lowest BCUT2D eigenvalue weighted by Gasteiger charge is -2.12. The van der Waals surface area contributed by atoms with Gasteiger partial charge in [-0.05, 0) is 30.7 Å². The smallest absolute Gasteiger partial charge is 0.422 e. The van der Waals surface area contributed by atoms with E-state index in [1.54, 1.807) is 25.3 Å². The first-order valence-electron chi connectivity index (χ1n) is 8.70. The molecule has 2 aromatic rings. The molecule has 0 amide bonds. The fourth-order valence-electron chi connectivity index (χ4n) is 2.21. The Morgan fingerprint density at radius 2 is 1.83 bits per heavy atom. The molecular formula is C19H24F3IN4O2. The van der Waals surface area contributed by atoms with Gasteiger partial charge in [-0.25, -0.2) is 9.98 Å². The third kappa shape index (κ3) is 9.68. The zero-order valence-electron chi connectivity index (χ0n) is 16.1. The van der Waals surface area contributed by atoms with Crippen LogP contribution in [0.25, 0.3) is 0 Å². The summed E-state index contributed by atoms with van der Waals surface area (Å²) >= 11 is 0. The van der Waals surface area contributed by atoms with E-state index in [-0.39, 0.29) is 29.7 Å². The number of nitrogens with zero attached hydrogens (tertiary/aromatic N) is 2. The van der Waals surface area contributed by atoms with Crippen LogP contribution in [0.5, 0.6) is 11.6 Å². The molecule has 0 spiro atoms. The van der Waals surface area contributed by atoms with E-state index >= 15 is 0 Å². The molecule has 0 unspecified atom stereocenters. The van der Waals surface area contributed by atoms with Crippen LogP contribution in [0.1, 0.15) is 18.2 Å². The van der Waals surface area contributed by atoms with Gasteiger partial charge in [0, 0.05) is 12.6 Å². The summed E-state index contributed by atoms with van der Waals surface area (Å²) in [7, 11) is 1.56. The summed E-state index contributed by atoms with van der Waals surface area (Å²) in [6, 6.07) is 11.9. The first-order valence-corrected chi connectivity index (χ1v) is 8.70. The van der Waals surface area contributed by atoms with Crippen molar-refractivity contribution in [3.05, 3.63) is 53.7 Å². The molecule has 2 N–H and O–H groups in total. The highest BCUT2D eigenvalue weighted by Crippen LogP contribution is 2.19. The van der Waals surface area contributed by atoms with Crippen molar-refractivity contribution in [2.45, 2.75) is 26.2 Å². The highest BCUT2D eigenvalue weighted by Gasteiger charge is 2.28. The lowest BCUT2D eigenvalue weighted by molar-refractivity contribution is -0.153. The molecule has 0 saturated heterocycles. The number of aliphatic imine (C=N–C) groups is 1. The fraction of sp³-hybridized carbons (Fsp3) is 0.368. The Morgan fingerprint density at radius 1 is 1.10 bits per heavy atom. The first-order chi connectivity index (χ1) is 13.4. The van der Waals surface area contributed by atoms with Crippen molar-refractivity contribution in [2.75, 3.05) is 20.3 Å². The Labute approximate surface area is 184 Å². The summed E-state index contributed by atoms with van der Waals surface area (Å²) in [4.78, 5) is 8.80. The Kier molecular flexibility index (Phi) is 10.6. The highest BCUT2D eigenvalue weighted by molar-refractivity contribution is 14.0. The van der Waals surface area contributed by atoms with Gasteiger partial charge >= 0.3 is 6.18 Å². The number of nitrogens with one attached hydrogen (secondary N) is 2. The van der Waals surface area contributed by atoms with E-state index in [2.05, 4.69) is 20.6 Å². The number of hydrogen-bond acceptors (Lipinski definition) is 4. The van der Waals surface area contributed by atoms with Crippen LogP contribution in [0.2, 0.25) is 0 Å². The highest BCUT2D eigenvalue weighted by atomic mass is 127. The molecule has 0 aliphatic rings. The van der Waals surface area contributed by atoms with Gasteiger partial charge in [0.1, 0.15) is 5.75 Å². The van der Waals surface area contributed by atoms with Crippen molar-refractivity contribution in [2.24, 2.45) is 4.99 Å². The molecule has 0 atom stereocenters. The Morgan fingerprint density at radius 3 is 2.45 bits per heavy atom. The van der Waals surface area contributed by atoms with Gasteiger partial charge in [0.15, 0.2) is 12.6 Å². The lowest BCUT2D eigenvalue weighted by Crippen LogP contribution is -2.37. The average molecular weight is 524 g/mol. The molecule has 2 rings (SSSR count). The van der Waals surface area contributed by atoms with Gasteiger partial charge in [-0.15, -0.1) is 24.0 Å². The topological polar surface area (TPSA) is 67.8 Å². The van der Waals surface area contributed by atoms with E-state index < -0.39 is 12.8 Å². The van der Waals surface area contributed by atoms with Gasteiger partial charge < -0.3 is 20.1 Å². The van der Waals surface area contributed by atoms with Gasteiger partial charge in [0.05, 0.1) is 25.9 Å². The van der Waals surface area contributed by atoms with Gasteiger partial charge in [-0.1, -0.05) is 18.2 Å². The quantitative estimate of drug-likeness (QED) is 0.312. The van der Waals surface area contributed by atoms with Crippen molar-refractivity contribution in [3.63, 3.8) is 0 Å². The molecular weight excluding hydrogens is 500 g/mol. The minimum Gasteiger partial charge on any atom is -0.484 e. The molecule has 0 aliphatic heterocycles. The predicted octanol–water partition coefficient (Wildman–Crippen LogP) is 3.90. The maximum Gasteiger partial charge on any atom is 0.422 e. The minimum atomic E-state index is -4.35. The number of ether oxygens (including phenoxy) is 2. The molecule has 1 aromatic heterocycles. The molecule has 10 heteroatoms. The SMILES string of the molecule is CCNC(=NCc1ccc(OCC(F)(F)F)cc1)NCc1cccc(OC)n1.I. The lowest BCUT2D eigenvalue weighted by atomic mass is 10.2. The number of alkyl halides is 3. The molecule has 0 fully saturated rings. The molecule has 29 heavy (non-hydrogen) atoms. The Balaban J connectivity index is 0.00000420. The van der Waals surface area contributed by atoms with Crippen LogP contribution < -0.4 is 20.1 Å². The second-order valence-electron chi connectivity index (χ2n) is 5.77. The minimum absolute atomic E-state index is 0. The van der Waals surface area contributed by atoms with E-state index in [9.17, 15) is 13.2 Å². The summed E-state index contributed by atoms with van der Waals surface area (Å²) in [5.41, 5.74) is 1.65. The number of benzene rings is 1. The number of methoxy groups -OCH3 is 1. The summed E-state index contributed by atoms with van der Waals surface area (Å²) in [6.07, 6.45) is -4.35. The number of aromatic nitrogens is 1. The third-order valence-electron chi connectivity index (χ3n) is 3.52. The Hall–Kier alpha value is -2.24. The van der Waals surface area contributed by atoms with Crippen molar-refractivity contribution in [1.82, 2.24) is 15.6 Å². The van der Waals surface area contributed by atoms with Gasteiger partial charge in [0.2, 0.25) is 5.88 Å². The standard InChI is InChI=1S/C19H23F3N4O2.HI/c1-3-23-18(25-12-15-5-4-6-17(26-15)27-2)24-11-14-7-9-16(10-8-14)28-13-19(20,21)22;/h4-10H,3,11-13H2,1-2H3,(H2,23,24,25);1H. The number of guanidine groups is 1. The summed E-state index contributed by atoms with van der Waals surface area (Å²) in [5.74, 6) is 1.30. The molecule has 6 nitrogen and oxygen atoms in total. The molecule has 160 valence electrons. The molecule has 1 heterocycles. The van der Waals surface area contributed by atoms with E-state index in [1.165, 1.54) is 12.1 Å². The van der Waals surface area contributed by atoms with Crippen LogP contribution in [0.15, 0.2) is 47.5 Å². The number of halogens is 4. The molecule has 0 aliphatic carbocycles. The van der Waals surface area contributed by atoms with Crippen LogP contribution in [-0.2, 0) is 13.1 Å². The molecule has 0 saturated carbocycles. The summed E-state index contributed by atoms with van der Waals surface area (Å²) < 4.78 is 46.3. The normalized spacial score (nSPS) is 11.4. The maximum absolute atomic E-state index is 12.2. The summed E-state index contributed by atoms with van der Waals surface area (Å²) in [5, 5.41) is 6.31. The fourth-order valence-corrected chi connectivity index (χ4v) is 2.21. The second kappa shape index (κ2) is 12.3. The zero-order valence-corrected chi connectivity index (χ0v) is 18.5. The van der Waals surface area contributed by atoms with E-state index in [0.29, 0.717) is 31.5 Å². The van der Waals surface area contributed by atoms with E-state index in [1.807, 2.05) is 19.1 Å². The average Bonchev–Trinajstić information content (AvgIpc) is 2.69. The molecule has 1 aromatic carbocycles. The van der Waals surface area contributed by atoms with Crippen LogP contribution in [-0.4, -0.2) is 37.4 Å². The third-order valence-corrected chi connectivity index (χ3v) is 3.52. The van der Waals surface area contributed by atoms with Crippen molar-refractivity contribution < 1.29 is 22.6 Å². The van der Waals surface area contributed by atoms with Crippen LogP contribution in [0.3, 0.4) is 0 Å². The van der Waals surface area contributed by atoms with Gasteiger partial charge in [-0.2, -0.15) is 13.2 Å². The van der Waals surface area contributed by atoms with Crippen molar-refractivity contribution >= 4 is 29.9 Å². The second-order valence-corrected chi connectivity index (χ2v) is 5.77. The number of hydrogen-bond donors (Lipinski definition) is 2. The molecule has 0 radical (unpaired) electrons. The van der Waals surface area contributed by atoms with Crippen LogP contribution in [0, 0.1) is 0 Å². The Bertz CT molecular complexity index is 771. The zero-order chi connectivity index (χ0) is 20.4. The first kappa shape index (κ1) is 24.8. The largest absolute Gasteiger partial charge is 0.484 e. The molecule has 0 bridgehead atoms. The summed E-state index contributed by atoms with van der Waals surface area (Å²) in [6.45, 7) is 2.15. The van der Waals surface area contributed by atoms with E-state index in [0.717, 1.165) is 11.3 Å². The van der Waals surface area contributed by atoms with Crippen LogP contribution >= 0.6 is 24.0 Å². The van der Waals surface area contributed by atoms with Crippen molar-refractivity contribution in [1.29, 1.82) is 0 Å². The monoisotopic (exact) mass is 524 g/mol. The number of rotatable bonds is 8. The van der Waals surface area contributed by atoms with Crippen molar-refractivity contribution in [3.8, 4) is 11.6 Å². The van der Waals surface area contributed by atoms with Gasteiger partial charge in [-0.3, -0.25) is 0 Å². The maximum atomic E-state index is 12.2. The van der Waals surface area contributed by atoms with Gasteiger partial charge in [0.25, 0.3) is 0 Å². The number of pyridine rings is 1. The van der Waals surface area contributed by atoms with E-state index in [4.69, 9.17) is 9.47 Å². The van der Waals surface area contributed by atoms with Crippen LogP contribution in [0.4, 0.5) is 13.2 Å². The predicted molar refractivity (Wildman–Crippen MR) is 116 cm³/mol.